The molecule has 1 aliphatic carbocycles. The van der Waals surface area contributed by atoms with Gasteiger partial charge in [-0.2, -0.15) is 0 Å². The van der Waals surface area contributed by atoms with Gasteiger partial charge in [0, 0.05) is 12.4 Å². The molecule has 2 heterocycles. The predicted octanol–water partition coefficient (Wildman–Crippen LogP) is 2.55. The fraction of sp³-hybridized carbons (Fsp3) is 0.471. The zero-order chi connectivity index (χ0) is 16.4. The number of rotatable bonds is 3. The minimum atomic E-state index is -1.17. The zero-order valence-electron chi connectivity index (χ0n) is 13.2. The molecular weight excluding hydrogens is 294 g/mol. The highest BCUT2D eigenvalue weighted by atomic mass is 16.4. The van der Waals surface area contributed by atoms with E-state index in [0.29, 0.717) is 18.5 Å². The van der Waals surface area contributed by atoms with Crippen molar-refractivity contribution in [1.29, 1.82) is 0 Å². The summed E-state index contributed by atoms with van der Waals surface area (Å²) in [7, 11) is 0. The van der Waals surface area contributed by atoms with Gasteiger partial charge in [0.15, 0.2) is 0 Å². The molecule has 2 N–H and O–H groups in total. The second-order valence-corrected chi connectivity index (χ2v) is 6.35. The number of aryl methyl sites for hydroxylation is 1. The topological polar surface area (TPSA) is 83.7 Å². The van der Waals surface area contributed by atoms with Gasteiger partial charge >= 0.3 is 5.97 Å². The van der Waals surface area contributed by atoms with Gasteiger partial charge in [-0.1, -0.05) is 25.7 Å². The Bertz CT molecular complexity index is 743. The number of nitrogens with zero attached hydrogens (tertiary/aromatic N) is 2. The molecule has 0 atom stereocenters. The van der Waals surface area contributed by atoms with Gasteiger partial charge in [0.1, 0.15) is 16.9 Å². The molecule has 6 heteroatoms. The highest BCUT2D eigenvalue weighted by Gasteiger charge is 2.40. The maximum absolute atomic E-state index is 12.5. The van der Waals surface area contributed by atoms with Gasteiger partial charge in [0.25, 0.3) is 5.91 Å². The van der Waals surface area contributed by atoms with Crippen molar-refractivity contribution >= 4 is 17.5 Å². The van der Waals surface area contributed by atoms with Gasteiger partial charge in [-0.05, 0) is 37.5 Å². The van der Waals surface area contributed by atoms with Gasteiger partial charge < -0.3 is 14.8 Å². The maximum Gasteiger partial charge on any atom is 0.329 e. The summed E-state index contributed by atoms with van der Waals surface area (Å²) >= 11 is 0. The number of aliphatic carboxylic acids is 1. The zero-order valence-corrected chi connectivity index (χ0v) is 13.2. The van der Waals surface area contributed by atoms with Crippen LogP contribution in [0.4, 0.5) is 0 Å². The molecule has 2 aromatic rings. The summed E-state index contributed by atoms with van der Waals surface area (Å²) in [5.74, 6) is -1.37. The molecule has 0 saturated heterocycles. The lowest BCUT2D eigenvalue weighted by molar-refractivity contribution is -0.145. The number of hydrogen-bond acceptors (Lipinski definition) is 3. The third kappa shape index (κ3) is 3.06. The first-order valence-corrected chi connectivity index (χ1v) is 8.01. The van der Waals surface area contributed by atoms with E-state index >= 15 is 0 Å². The normalized spacial score (nSPS) is 17.6. The largest absolute Gasteiger partial charge is 0.480 e. The van der Waals surface area contributed by atoms with Crippen LogP contribution in [0.25, 0.3) is 5.65 Å². The number of carboxylic acid groups (broad SMARTS) is 1. The standard InChI is InChI=1S/C17H21N3O3/c1-12-6-9-20-11-13(18-14(20)10-12)15(21)19-17(16(22)23)7-4-2-3-5-8-17/h6,9-11H,2-5,7-8H2,1H3,(H,19,21)(H,22,23). The van der Waals surface area contributed by atoms with E-state index in [9.17, 15) is 14.7 Å². The summed E-state index contributed by atoms with van der Waals surface area (Å²) in [6.07, 6.45) is 8.08. The molecule has 6 nitrogen and oxygen atoms in total. The van der Waals surface area contributed by atoms with E-state index in [1.165, 1.54) is 0 Å². The van der Waals surface area contributed by atoms with Gasteiger partial charge in [-0.25, -0.2) is 9.78 Å². The van der Waals surface area contributed by atoms with Crippen LogP contribution in [0.15, 0.2) is 24.5 Å². The van der Waals surface area contributed by atoms with Gasteiger partial charge in [-0.3, -0.25) is 4.79 Å². The fourth-order valence-electron chi connectivity index (χ4n) is 3.20. The number of imidazole rings is 1. The summed E-state index contributed by atoms with van der Waals surface area (Å²) in [5.41, 5.74) is 0.820. The first-order valence-electron chi connectivity index (χ1n) is 8.01. The van der Waals surface area contributed by atoms with Crippen molar-refractivity contribution in [3.8, 4) is 0 Å². The number of amides is 1. The monoisotopic (exact) mass is 315 g/mol. The molecule has 3 rings (SSSR count). The van der Waals surface area contributed by atoms with Crippen LogP contribution >= 0.6 is 0 Å². The van der Waals surface area contributed by atoms with Crippen molar-refractivity contribution in [3.63, 3.8) is 0 Å². The van der Waals surface area contributed by atoms with Crippen LogP contribution in [0.5, 0.6) is 0 Å². The molecule has 122 valence electrons. The lowest BCUT2D eigenvalue weighted by atomic mass is 9.90. The van der Waals surface area contributed by atoms with E-state index < -0.39 is 17.4 Å². The summed E-state index contributed by atoms with van der Waals surface area (Å²) in [6, 6.07) is 3.82. The van der Waals surface area contributed by atoms with Gasteiger partial charge in [0.2, 0.25) is 0 Å². The Morgan fingerprint density at radius 1 is 1.26 bits per heavy atom. The van der Waals surface area contributed by atoms with E-state index in [-0.39, 0.29) is 5.69 Å². The Hall–Kier alpha value is -2.37. The second-order valence-electron chi connectivity index (χ2n) is 6.35. The van der Waals surface area contributed by atoms with E-state index in [2.05, 4.69) is 10.3 Å². The number of carbonyl (C=O) groups excluding carboxylic acids is 1. The van der Waals surface area contributed by atoms with Crippen molar-refractivity contribution in [1.82, 2.24) is 14.7 Å². The number of aromatic nitrogens is 2. The molecule has 0 unspecified atom stereocenters. The summed E-state index contributed by atoms with van der Waals surface area (Å²) in [4.78, 5) is 28.6. The minimum absolute atomic E-state index is 0.250. The Labute approximate surface area is 134 Å². The fourth-order valence-corrected chi connectivity index (χ4v) is 3.20. The van der Waals surface area contributed by atoms with Gasteiger partial charge in [-0.15, -0.1) is 0 Å². The Morgan fingerprint density at radius 2 is 1.96 bits per heavy atom. The summed E-state index contributed by atoms with van der Waals surface area (Å²) < 4.78 is 1.77. The van der Waals surface area contributed by atoms with Crippen LogP contribution in [0.1, 0.15) is 54.6 Å². The van der Waals surface area contributed by atoms with E-state index in [1.54, 1.807) is 10.6 Å². The Morgan fingerprint density at radius 3 is 2.61 bits per heavy atom. The molecule has 0 spiro atoms. The first kappa shape index (κ1) is 15.5. The molecule has 1 aliphatic rings. The lowest BCUT2D eigenvalue weighted by Crippen LogP contribution is -2.54. The van der Waals surface area contributed by atoms with Crippen LogP contribution < -0.4 is 5.32 Å². The number of carboxylic acids is 1. The van der Waals surface area contributed by atoms with Crippen molar-refractivity contribution in [2.75, 3.05) is 0 Å². The average Bonchev–Trinajstić information content (AvgIpc) is 2.78. The Kier molecular flexibility index (Phi) is 4.07. The van der Waals surface area contributed by atoms with E-state index in [0.717, 1.165) is 31.2 Å². The van der Waals surface area contributed by atoms with Crippen molar-refractivity contribution in [3.05, 3.63) is 35.8 Å². The molecule has 1 fully saturated rings. The number of nitrogens with one attached hydrogen (secondary N) is 1. The SMILES string of the molecule is Cc1ccn2cc(C(=O)NC3(C(=O)O)CCCCCC3)nc2c1. The smallest absolute Gasteiger partial charge is 0.329 e. The molecule has 2 aromatic heterocycles. The molecule has 0 bridgehead atoms. The van der Waals surface area contributed by atoms with Crippen molar-refractivity contribution in [2.24, 2.45) is 0 Å². The minimum Gasteiger partial charge on any atom is -0.480 e. The van der Waals surface area contributed by atoms with E-state index in [1.807, 2.05) is 25.3 Å². The summed E-state index contributed by atoms with van der Waals surface area (Å²) in [5, 5.41) is 12.4. The summed E-state index contributed by atoms with van der Waals surface area (Å²) in [6.45, 7) is 1.96. The number of carbonyl (C=O) groups is 2. The highest BCUT2D eigenvalue weighted by molar-refractivity contribution is 5.96. The van der Waals surface area contributed by atoms with Crippen LogP contribution in [-0.4, -0.2) is 31.9 Å². The highest BCUT2D eigenvalue weighted by Crippen LogP contribution is 2.28. The molecule has 0 aromatic carbocycles. The lowest BCUT2D eigenvalue weighted by Gasteiger charge is -2.28. The number of hydrogen-bond donors (Lipinski definition) is 2. The molecule has 1 saturated carbocycles. The van der Waals surface area contributed by atoms with Crippen LogP contribution in [0, 0.1) is 6.92 Å². The number of pyridine rings is 1. The molecular formula is C17H21N3O3. The third-order valence-electron chi connectivity index (χ3n) is 4.57. The quantitative estimate of drug-likeness (QED) is 0.853. The second kappa shape index (κ2) is 6.02. The van der Waals surface area contributed by atoms with E-state index in [4.69, 9.17) is 0 Å². The third-order valence-corrected chi connectivity index (χ3v) is 4.57. The van der Waals surface area contributed by atoms with Crippen molar-refractivity contribution in [2.45, 2.75) is 51.0 Å². The Balaban J connectivity index is 1.86. The average molecular weight is 315 g/mol. The molecule has 23 heavy (non-hydrogen) atoms. The molecule has 0 aliphatic heterocycles. The van der Waals surface area contributed by atoms with Crippen LogP contribution in [-0.2, 0) is 4.79 Å². The molecule has 0 radical (unpaired) electrons. The van der Waals surface area contributed by atoms with Crippen molar-refractivity contribution < 1.29 is 14.7 Å². The van der Waals surface area contributed by atoms with Gasteiger partial charge in [0.05, 0.1) is 0 Å². The van der Waals surface area contributed by atoms with Crippen LogP contribution in [0.2, 0.25) is 0 Å². The van der Waals surface area contributed by atoms with Crippen LogP contribution in [0.3, 0.4) is 0 Å². The first-order chi connectivity index (χ1) is 11.0. The number of fused-ring (bicyclic) bond motifs is 1. The molecule has 1 amide bonds. The maximum atomic E-state index is 12.5. The predicted molar refractivity (Wildman–Crippen MR) is 85.5 cm³/mol.